The molecule has 2 heteroatoms. The van der Waals surface area contributed by atoms with Crippen LogP contribution in [0.25, 0.3) is 96.7 Å². The molecule has 44 heavy (non-hydrogen) atoms. The first-order valence-corrected chi connectivity index (χ1v) is 15.8. The Morgan fingerprint density at radius 3 is 1.75 bits per heavy atom. The monoisotopic (exact) mass is 576 g/mol. The van der Waals surface area contributed by atoms with E-state index >= 15 is 0 Å². The van der Waals surface area contributed by atoms with Crippen LogP contribution in [0.5, 0.6) is 0 Å². The van der Waals surface area contributed by atoms with Crippen molar-refractivity contribution in [1.29, 1.82) is 0 Å². The molecule has 8 aromatic carbocycles. The molecule has 0 fully saturated rings. The van der Waals surface area contributed by atoms with Gasteiger partial charge in [0.25, 0.3) is 0 Å². The van der Waals surface area contributed by atoms with E-state index in [2.05, 4.69) is 146 Å². The van der Waals surface area contributed by atoms with Crippen LogP contribution in [0.2, 0.25) is 0 Å². The summed E-state index contributed by atoms with van der Waals surface area (Å²) >= 11 is 1.87. The van der Waals surface area contributed by atoms with E-state index in [4.69, 9.17) is 4.42 Å². The second-order valence-corrected chi connectivity index (χ2v) is 12.7. The van der Waals surface area contributed by atoms with Crippen molar-refractivity contribution in [3.8, 4) is 22.3 Å². The number of rotatable bonds is 2. The Morgan fingerprint density at radius 1 is 0.386 bits per heavy atom. The maximum Gasteiger partial charge on any atom is 0.136 e. The number of furan rings is 1. The molecule has 1 nitrogen and oxygen atoms in total. The molecule has 0 unspecified atom stereocenters. The third kappa shape index (κ3) is 3.35. The van der Waals surface area contributed by atoms with E-state index in [0.29, 0.717) is 0 Å². The van der Waals surface area contributed by atoms with Crippen molar-refractivity contribution < 1.29 is 4.42 Å². The molecule has 204 valence electrons. The van der Waals surface area contributed by atoms with Crippen LogP contribution in [-0.2, 0) is 0 Å². The minimum atomic E-state index is 0.917. The molecule has 0 atom stereocenters. The molecule has 10 rings (SSSR count). The Labute approximate surface area is 257 Å². The van der Waals surface area contributed by atoms with Crippen molar-refractivity contribution in [2.24, 2.45) is 0 Å². The first-order valence-electron chi connectivity index (χ1n) is 15.0. The van der Waals surface area contributed by atoms with E-state index in [1.807, 2.05) is 11.3 Å². The van der Waals surface area contributed by atoms with Crippen molar-refractivity contribution >= 4 is 85.8 Å². The molecule has 0 aliphatic rings. The van der Waals surface area contributed by atoms with Crippen molar-refractivity contribution in [3.05, 3.63) is 146 Å². The number of hydrogen-bond acceptors (Lipinski definition) is 2. The molecular formula is C42H24OS. The van der Waals surface area contributed by atoms with E-state index in [0.717, 1.165) is 16.6 Å². The summed E-state index contributed by atoms with van der Waals surface area (Å²) in [4.78, 5) is 0. The molecule has 2 heterocycles. The molecular weight excluding hydrogens is 553 g/mol. The molecule has 2 aromatic heterocycles. The lowest BCUT2D eigenvalue weighted by Crippen LogP contribution is -1.91. The Bertz CT molecular complexity index is 2720. The van der Waals surface area contributed by atoms with Gasteiger partial charge >= 0.3 is 0 Å². The van der Waals surface area contributed by atoms with Gasteiger partial charge in [0.15, 0.2) is 0 Å². The first-order chi connectivity index (χ1) is 21.8. The summed E-state index contributed by atoms with van der Waals surface area (Å²) in [6.07, 6.45) is 0. The van der Waals surface area contributed by atoms with Gasteiger partial charge in [0.05, 0.1) is 0 Å². The van der Waals surface area contributed by atoms with Gasteiger partial charge in [-0.15, -0.1) is 11.3 Å². The lowest BCUT2D eigenvalue weighted by atomic mass is 9.84. The highest BCUT2D eigenvalue weighted by Crippen LogP contribution is 2.48. The zero-order valence-corrected chi connectivity index (χ0v) is 24.5. The normalized spacial score (nSPS) is 12.1. The highest BCUT2D eigenvalue weighted by molar-refractivity contribution is 7.25. The summed E-state index contributed by atoms with van der Waals surface area (Å²) in [5.41, 5.74) is 6.83. The Hall–Kier alpha value is -5.44. The van der Waals surface area contributed by atoms with Crippen LogP contribution in [0.3, 0.4) is 0 Å². The average Bonchev–Trinajstić information content (AvgIpc) is 3.63. The third-order valence-electron chi connectivity index (χ3n) is 9.23. The number of benzene rings is 8. The second kappa shape index (κ2) is 9.03. The minimum absolute atomic E-state index is 0.917. The molecule has 0 N–H and O–H groups in total. The molecule has 10 aromatic rings. The van der Waals surface area contributed by atoms with Crippen LogP contribution in [0.1, 0.15) is 0 Å². The molecule has 0 aliphatic carbocycles. The van der Waals surface area contributed by atoms with Crippen molar-refractivity contribution in [2.45, 2.75) is 0 Å². The van der Waals surface area contributed by atoms with E-state index < -0.39 is 0 Å². The zero-order chi connectivity index (χ0) is 28.8. The summed E-state index contributed by atoms with van der Waals surface area (Å²) in [7, 11) is 0. The molecule has 0 spiro atoms. The van der Waals surface area contributed by atoms with Gasteiger partial charge in [0.1, 0.15) is 11.2 Å². The maximum absolute atomic E-state index is 6.51. The molecule has 0 saturated heterocycles. The summed E-state index contributed by atoms with van der Waals surface area (Å²) in [5, 5.41) is 12.4. The molecule has 0 saturated carbocycles. The first kappa shape index (κ1) is 24.0. The van der Waals surface area contributed by atoms with Gasteiger partial charge in [-0.05, 0) is 91.0 Å². The molecule has 0 radical (unpaired) electrons. The fourth-order valence-corrected chi connectivity index (χ4v) is 8.42. The quantitative estimate of drug-likeness (QED) is 0.187. The number of hydrogen-bond donors (Lipinski definition) is 0. The lowest BCUT2D eigenvalue weighted by molar-refractivity contribution is 0.669. The van der Waals surface area contributed by atoms with Gasteiger partial charge < -0.3 is 4.42 Å². The summed E-state index contributed by atoms with van der Waals surface area (Å²) in [6, 6.07) is 53.1. The summed E-state index contributed by atoms with van der Waals surface area (Å²) < 4.78 is 9.17. The van der Waals surface area contributed by atoms with Crippen molar-refractivity contribution in [3.63, 3.8) is 0 Å². The van der Waals surface area contributed by atoms with Gasteiger partial charge in [-0.3, -0.25) is 0 Å². The second-order valence-electron chi connectivity index (χ2n) is 11.6. The van der Waals surface area contributed by atoms with Gasteiger partial charge in [-0.1, -0.05) is 109 Å². The smallest absolute Gasteiger partial charge is 0.136 e. The van der Waals surface area contributed by atoms with Gasteiger partial charge in [-0.25, -0.2) is 0 Å². The van der Waals surface area contributed by atoms with Crippen molar-refractivity contribution in [2.75, 3.05) is 0 Å². The lowest BCUT2D eigenvalue weighted by Gasteiger charge is -2.18. The van der Waals surface area contributed by atoms with Gasteiger partial charge in [0.2, 0.25) is 0 Å². The van der Waals surface area contributed by atoms with Crippen LogP contribution >= 0.6 is 11.3 Å². The average molecular weight is 577 g/mol. The van der Waals surface area contributed by atoms with Crippen LogP contribution in [-0.4, -0.2) is 0 Å². The van der Waals surface area contributed by atoms with E-state index in [1.165, 1.54) is 80.1 Å². The maximum atomic E-state index is 6.51. The van der Waals surface area contributed by atoms with E-state index in [1.54, 1.807) is 0 Å². The minimum Gasteiger partial charge on any atom is -0.456 e. The van der Waals surface area contributed by atoms with Crippen LogP contribution in [0.15, 0.2) is 150 Å². The van der Waals surface area contributed by atoms with Crippen molar-refractivity contribution in [1.82, 2.24) is 0 Å². The predicted octanol–water partition coefficient (Wildman–Crippen LogP) is 12.7. The summed E-state index contributed by atoms with van der Waals surface area (Å²) in [6.45, 7) is 0. The topological polar surface area (TPSA) is 13.1 Å². The SMILES string of the molecule is c1ccc2cc3c(cc2c1)oc1cccc(-c2c4ccccc4c(-c4ccc5sc6ccccc6c5c4)c4ccccc24)c13. The molecule has 0 aliphatic heterocycles. The zero-order valence-electron chi connectivity index (χ0n) is 23.7. The fraction of sp³-hybridized carbons (Fsp3) is 0. The summed E-state index contributed by atoms with van der Waals surface area (Å²) in [5.74, 6) is 0. The van der Waals surface area contributed by atoms with Crippen LogP contribution in [0, 0.1) is 0 Å². The van der Waals surface area contributed by atoms with E-state index in [-0.39, 0.29) is 0 Å². The Balaban J connectivity index is 1.33. The number of fused-ring (bicyclic) bond motifs is 9. The highest BCUT2D eigenvalue weighted by atomic mass is 32.1. The van der Waals surface area contributed by atoms with E-state index in [9.17, 15) is 0 Å². The molecule has 0 bridgehead atoms. The highest BCUT2D eigenvalue weighted by Gasteiger charge is 2.21. The standard InChI is InChI=1S/C42H24OS/c1-2-11-26-24-37-35(22-25(26)10-1)42-33(17-9-18-36(42)43-37)41-31-15-5-3-13-29(31)40(30-14-4-6-16-32(30)41)27-20-21-39-34(23-27)28-12-7-8-19-38(28)44-39/h1-24H. The van der Waals surface area contributed by atoms with Crippen LogP contribution in [0.4, 0.5) is 0 Å². The Morgan fingerprint density at radius 2 is 1.00 bits per heavy atom. The van der Waals surface area contributed by atoms with Gasteiger partial charge in [-0.2, -0.15) is 0 Å². The fourth-order valence-electron chi connectivity index (χ4n) is 7.33. The van der Waals surface area contributed by atoms with Crippen LogP contribution < -0.4 is 0 Å². The largest absolute Gasteiger partial charge is 0.456 e. The third-order valence-corrected chi connectivity index (χ3v) is 10.4. The Kier molecular flexibility index (Phi) is 4.94. The predicted molar refractivity (Wildman–Crippen MR) is 190 cm³/mol. The number of thiophene rings is 1. The van der Waals surface area contributed by atoms with Gasteiger partial charge in [0, 0.05) is 30.9 Å². The molecule has 0 amide bonds.